The van der Waals surface area contributed by atoms with Gasteiger partial charge in [0, 0.05) is 58.1 Å². The van der Waals surface area contributed by atoms with E-state index >= 15 is 0 Å². The van der Waals surface area contributed by atoms with Gasteiger partial charge in [0.15, 0.2) is 0 Å². The summed E-state index contributed by atoms with van der Waals surface area (Å²) in [5, 5.41) is 3.00. The van der Waals surface area contributed by atoms with E-state index in [9.17, 15) is 18.0 Å². The van der Waals surface area contributed by atoms with Crippen molar-refractivity contribution in [2.45, 2.75) is 26.1 Å². The van der Waals surface area contributed by atoms with Crippen molar-refractivity contribution in [3.63, 3.8) is 0 Å². The number of nitrogens with one attached hydrogen (secondary N) is 1. The lowest BCUT2D eigenvalue weighted by Gasteiger charge is -2.38. The topological polar surface area (TPSA) is 60.9 Å². The van der Waals surface area contributed by atoms with Crippen molar-refractivity contribution in [1.82, 2.24) is 20.1 Å². The van der Waals surface area contributed by atoms with Crippen LogP contribution in [-0.4, -0.2) is 85.9 Å². The van der Waals surface area contributed by atoms with Crippen LogP contribution < -0.4 is 10.2 Å². The van der Waals surface area contributed by atoms with Gasteiger partial charge >= 0.3 is 12.2 Å². The molecule has 3 rings (SSSR count). The summed E-state index contributed by atoms with van der Waals surface area (Å²) < 4.78 is 43.8. The predicted molar refractivity (Wildman–Crippen MR) is 112 cm³/mol. The molecule has 1 unspecified atom stereocenters. The molecule has 2 aliphatic heterocycles. The van der Waals surface area contributed by atoms with Crippen LogP contribution in [0.5, 0.6) is 0 Å². The van der Waals surface area contributed by atoms with Gasteiger partial charge in [0.2, 0.25) is 0 Å². The number of pyridine rings is 1. The number of aromatic nitrogens is 1. The maximum atomic E-state index is 12.8. The maximum absolute atomic E-state index is 12.8. The first-order valence-corrected chi connectivity index (χ1v) is 10.9. The maximum Gasteiger partial charge on any atom is 0.417 e. The third-order valence-electron chi connectivity index (χ3n) is 5.76. The molecule has 1 aromatic rings. The van der Waals surface area contributed by atoms with Crippen molar-refractivity contribution in [3.05, 3.63) is 22.8 Å². The molecule has 0 bridgehead atoms. The van der Waals surface area contributed by atoms with Gasteiger partial charge in [-0.2, -0.15) is 13.2 Å². The SMILES string of the molecule is CC(C)C(CNC(=O)N1CCN(c2ncc(C(F)(F)F)cc2Cl)CC1)N1CCOCC1. The monoisotopic (exact) mass is 463 g/mol. The van der Waals surface area contributed by atoms with Gasteiger partial charge in [-0.3, -0.25) is 4.90 Å². The molecule has 1 aromatic heterocycles. The zero-order valence-corrected chi connectivity index (χ0v) is 18.5. The van der Waals surface area contributed by atoms with E-state index in [1.807, 2.05) is 0 Å². The minimum Gasteiger partial charge on any atom is -0.379 e. The molecule has 3 heterocycles. The van der Waals surface area contributed by atoms with Crippen LogP contribution >= 0.6 is 11.6 Å². The van der Waals surface area contributed by atoms with Crippen molar-refractivity contribution in [2.75, 3.05) is 63.9 Å². The van der Waals surface area contributed by atoms with Crippen LogP contribution in [0, 0.1) is 5.92 Å². The Morgan fingerprint density at radius 3 is 2.39 bits per heavy atom. The molecule has 0 radical (unpaired) electrons. The third-order valence-corrected chi connectivity index (χ3v) is 6.04. The lowest BCUT2D eigenvalue weighted by molar-refractivity contribution is -0.137. The van der Waals surface area contributed by atoms with Gasteiger partial charge in [-0.15, -0.1) is 0 Å². The fourth-order valence-corrected chi connectivity index (χ4v) is 4.22. The number of hydrogen-bond donors (Lipinski definition) is 1. The van der Waals surface area contributed by atoms with Crippen molar-refractivity contribution < 1.29 is 22.7 Å². The average Bonchev–Trinajstić information content (AvgIpc) is 2.74. The molecule has 174 valence electrons. The van der Waals surface area contributed by atoms with Crippen LogP contribution in [0.4, 0.5) is 23.8 Å². The molecule has 1 N–H and O–H groups in total. The largest absolute Gasteiger partial charge is 0.417 e. The van der Waals surface area contributed by atoms with E-state index in [4.69, 9.17) is 16.3 Å². The lowest BCUT2D eigenvalue weighted by Crippen LogP contribution is -2.55. The number of carbonyl (C=O) groups excluding carboxylic acids is 1. The number of nitrogens with zero attached hydrogens (tertiary/aromatic N) is 4. The second-order valence-corrected chi connectivity index (χ2v) is 8.55. The summed E-state index contributed by atoms with van der Waals surface area (Å²) in [5.41, 5.74) is -0.876. The van der Waals surface area contributed by atoms with Crippen LogP contribution in [-0.2, 0) is 10.9 Å². The van der Waals surface area contributed by atoms with E-state index < -0.39 is 11.7 Å². The van der Waals surface area contributed by atoms with E-state index in [1.54, 1.807) is 9.80 Å². The fourth-order valence-electron chi connectivity index (χ4n) is 3.94. The fraction of sp³-hybridized carbons (Fsp3) is 0.700. The molecule has 1 atom stereocenters. The van der Waals surface area contributed by atoms with Gasteiger partial charge < -0.3 is 19.9 Å². The molecule has 0 spiro atoms. The molecule has 7 nitrogen and oxygen atoms in total. The Hall–Kier alpha value is -1.78. The quantitative estimate of drug-likeness (QED) is 0.727. The number of morpholine rings is 1. The van der Waals surface area contributed by atoms with Gasteiger partial charge in [-0.1, -0.05) is 25.4 Å². The Morgan fingerprint density at radius 2 is 1.84 bits per heavy atom. The molecule has 0 saturated carbocycles. The number of piperazine rings is 1. The first kappa shape index (κ1) is 23.9. The molecule has 2 aliphatic rings. The van der Waals surface area contributed by atoms with Crippen LogP contribution in [0.2, 0.25) is 5.02 Å². The summed E-state index contributed by atoms with van der Waals surface area (Å²) in [6, 6.07) is 0.995. The molecule has 2 amide bonds. The first-order valence-electron chi connectivity index (χ1n) is 10.5. The summed E-state index contributed by atoms with van der Waals surface area (Å²) in [6.07, 6.45) is -3.70. The van der Waals surface area contributed by atoms with Crippen molar-refractivity contribution in [2.24, 2.45) is 5.92 Å². The first-order chi connectivity index (χ1) is 14.7. The number of rotatable bonds is 5. The van der Waals surface area contributed by atoms with Crippen LogP contribution in [0.25, 0.3) is 0 Å². The van der Waals surface area contributed by atoms with Gasteiger partial charge in [-0.25, -0.2) is 9.78 Å². The molecular formula is C20H29ClF3N5O2. The molecular weight excluding hydrogens is 435 g/mol. The van der Waals surface area contributed by atoms with E-state index in [0.29, 0.717) is 57.7 Å². The van der Waals surface area contributed by atoms with Gasteiger partial charge in [-0.05, 0) is 12.0 Å². The van der Waals surface area contributed by atoms with E-state index in [1.165, 1.54) is 0 Å². The molecule has 2 saturated heterocycles. The number of ether oxygens (including phenoxy) is 1. The Labute approximate surface area is 185 Å². The zero-order valence-electron chi connectivity index (χ0n) is 17.8. The summed E-state index contributed by atoms with van der Waals surface area (Å²) in [5.74, 6) is 0.699. The smallest absolute Gasteiger partial charge is 0.379 e. The average molecular weight is 464 g/mol. The highest BCUT2D eigenvalue weighted by Gasteiger charge is 2.33. The van der Waals surface area contributed by atoms with Crippen molar-refractivity contribution in [1.29, 1.82) is 0 Å². The lowest BCUT2D eigenvalue weighted by atomic mass is 10.0. The summed E-state index contributed by atoms with van der Waals surface area (Å²) in [7, 11) is 0. The zero-order chi connectivity index (χ0) is 22.6. The molecule has 11 heteroatoms. The molecule has 2 fully saturated rings. The number of halogens is 4. The number of alkyl halides is 3. The van der Waals surface area contributed by atoms with E-state index in [-0.39, 0.29) is 17.1 Å². The third kappa shape index (κ3) is 6.14. The second-order valence-electron chi connectivity index (χ2n) is 8.15. The number of hydrogen-bond acceptors (Lipinski definition) is 5. The number of amides is 2. The molecule has 0 aliphatic carbocycles. The standard InChI is InChI=1S/C20H29ClF3N5O2/c1-14(2)17(27-7-9-31-10-8-27)13-26-19(30)29-5-3-28(4-6-29)18-16(21)11-15(12-25-18)20(22,23)24/h11-12,14,17H,3-10,13H2,1-2H3,(H,26,30). The minimum absolute atomic E-state index is 0.0435. The van der Waals surface area contributed by atoms with E-state index in [0.717, 1.165) is 25.4 Å². The van der Waals surface area contributed by atoms with Crippen molar-refractivity contribution >= 4 is 23.4 Å². The number of anilines is 1. The Morgan fingerprint density at radius 1 is 1.19 bits per heavy atom. The number of urea groups is 1. The van der Waals surface area contributed by atoms with Crippen LogP contribution in [0.15, 0.2) is 12.3 Å². The summed E-state index contributed by atoms with van der Waals surface area (Å²) in [6.45, 7) is 9.76. The molecule has 0 aromatic carbocycles. The van der Waals surface area contributed by atoms with Crippen LogP contribution in [0.3, 0.4) is 0 Å². The van der Waals surface area contributed by atoms with Gasteiger partial charge in [0.1, 0.15) is 5.82 Å². The normalized spacial score (nSPS) is 19.6. The molecule has 31 heavy (non-hydrogen) atoms. The van der Waals surface area contributed by atoms with Crippen molar-refractivity contribution in [3.8, 4) is 0 Å². The van der Waals surface area contributed by atoms with Gasteiger partial charge in [0.05, 0.1) is 23.8 Å². The predicted octanol–water partition coefficient (Wildman–Crippen LogP) is 2.94. The Balaban J connectivity index is 1.51. The minimum atomic E-state index is -4.49. The van der Waals surface area contributed by atoms with Crippen LogP contribution in [0.1, 0.15) is 19.4 Å². The highest BCUT2D eigenvalue weighted by atomic mass is 35.5. The van der Waals surface area contributed by atoms with Gasteiger partial charge in [0.25, 0.3) is 0 Å². The summed E-state index contributed by atoms with van der Waals surface area (Å²) in [4.78, 5) is 22.4. The van der Waals surface area contributed by atoms with E-state index in [2.05, 4.69) is 29.0 Å². The Kier molecular flexibility index (Phi) is 7.87. The number of carbonyl (C=O) groups is 1. The Bertz CT molecular complexity index is 751. The summed E-state index contributed by atoms with van der Waals surface area (Å²) >= 11 is 6.05. The second kappa shape index (κ2) is 10.2. The highest BCUT2D eigenvalue weighted by Crippen LogP contribution is 2.33. The highest BCUT2D eigenvalue weighted by molar-refractivity contribution is 6.33.